The molecule has 0 heterocycles. The number of esters is 1. The zero-order valence-electron chi connectivity index (χ0n) is 14.2. The maximum Gasteiger partial charge on any atom is 0.338 e. The molecule has 2 aromatic carbocycles. The van der Waals surface area contributed by atoms with Crippen molar-refractivity contribution in [3.63, 3.8) is 0 Å². The van der Waals surface area contributed by atoms with Gasteiger partial charge in [-0.15, -0.1) is 0 Å². The molecule has 0 spiro atoms. The van der Waals surface area contributed by atoms with E-state index in [2.05, 4.69) is 0 Å². The quantitative estimate of drug-likeness (QED) is 0.650. The monoisotopic (exact) mass is 361 g/mol. The summed E-state index contributed by atoms with van der Waals surface area (Å²) in [7, 11) is -3.93. The van der Waals surface area contributed by atoms with E-state index < -0.39 is 22.6 Å². The number of sulfonamides is 1. The van der Waals surface area contributed by atoms with Crippen LogP contribution in [-0.2, 0) is 14.8 Å². The van der Waals surface area contributed by atoms with Crippen LogP contribution < -0.4 is 5.14 Å². The second kappa shape index (κ2) is 7.16. The Morgan fingerprint density at radius 3 is 2.20 bits per heavy atom. The van der Waals surface area contributed by atoms with Crippen molar-refractivity contribution in [1.29, 1.82) is 0 Å². The molecule has 2 rings (SSSR count). The van der Waals surface area contributed by atoms with Crippen molar-refractivity contribution >= 4 is 21.8 Å². The zero-order valence-corrected chi connectivity index (χ0v) is 15.0. The number of benzene rings is 2. The molecule has 0 amide bonds. The third-order valence-corrected chi connectivity index (χ3v) is 4.83. The Kier molecular flexibility index (Phi) is 5.39. The smallest absolute Gasteiger partial charge is 0.338 e. The van der Waals surface area contributed by atoms with Gasteiger partial charge in [-0.2, -0.15) is 0 Å². The van der Waals surface area contributed by atoms with E-state index in [0.717, 1.165) is 17.2 Å². The van der Waals surface area contributed by atoms with E-state index in [4.69, 9.17) is 9.88 Å². The minimum Gasteiger partial charge on any atom is -0.454 e. The van der Waals surface area contributed by atoms with Crippen LogP contribution in [0.1, 0.15) is 37.4 Å². The lowest BCUT2D eigenvalue weighted by Crippen LogP contribution is -2.17. The molecule has 0 aromatic heterocycles. The third-order valence-electron chi connectivity index (χ3n) is 3.92. The number of primary sulfonamides is 1. The second-order valence-corrected chi connectivity index (χ2v) is 7.38. The maximum absolute atomic E-state index is 12.2. The molecule has 0 atom stereocenters. The van der Waals surface area contributed by atoms with E-state index >= 15 is 0 Å². The summed E-state index contributed by atoms with van der Waals surface area (Å²) in [5.74, 6) is -1.11. The van der Waals surface area contributed by atoms with Crippen molar-refractivity contribution in [1.82, 2.24) is 0 Å². The van der Waals surface area contributed by atoms with Crippen LogP contribution in [0.25, 0.3) is 0 Å². The fourth-order valence-electron chi connectivity index (χ4n) is 2.21. The summed E-state index contributed by atoms with van der Waals surface area (Å²) in [5, 5.41) is 5.07. The molecule has 6 nitrogen and oxygen atoms in total. The topological polar surface area (TPSA) is 104 Å². The van der Waals surface area contributed by atoms with Gasteiger partial charge in [-0.1, -0.05) is 18.2 Å². The minimum absolute atomic E-state index is 0.0550. The van der Waals surface area contributed by atoms with E-state index in [1.54, 1.807) is 19.1 Å². The highest BCUT2D eigenvalue weighted by Crippen LogP contribution is 2.16. The van der Waals surface area contributed by atoms with Crippen molar-refractivity contribution in [2.45, 2.75) is 25.7 Å². The van der Waals surface area contributed by atoms with E-state index in [9.17, 15) is 18.0 Å². The predicted molar refractivity (Wildman–Crippen MR) is 93.1 cm³/mol. The molecule has 2 N–H and O–H groups in total. The summed E-state index contributed by atoms with van der Waals surface area (Å²) in [6.45, 7) is 5.03. The molecule has 0 aliphatic heterocycles. The van der Waals surface area contributed by atoms with Crippen LogP contribution in [0.3, 0.4) is 0 Å². The van der Waals surface area contributed by atoms with Crippen LogP contribution in [0.4, 0.5) is 0 Å². The van der Waals surface area contributed by atoms with E-state index in [1.165, 1.54) is 12.1 Å². The van der Waals surface area contributed by atoms with E-state index in [-0.39, 0.29) is 16.2 Å². The number of Topliss-reactive ketones (excluding diaryl/α,β-unsaturated/α-hetero) is 1. The molecule has 2 aromatic rings. The summed E-state index contributed by atoms with van der Waals surface area (Å²) in [6.07, 6.45) is 0. The highest BCUT2D eigenvalue weighted by atomic mass is 32.2. The van der Waals surface area contributed by atoms with Crippen LogP contribution in [0.5, 0.6) is 0 Å². The number of ether oxygens (including phenoxy) is 1. The molecule has 7 heteroatoms. The number of nitrogens with two attached hydrogens (primary N) is 1. The minimum atomic E-state index is -3.93. The van der Waals surface area contributed by atoms with E-state index in [0.29, 0.717) is 11.1 Å². The Labute approximate surface area is 146 Å². The molecule has 25 heavy (non-hydrogen) atoms. The standard InChI is InChI=1S/C18H19NO5S/c1-11-4-6-14(8-13(11)3)17(20)10-24-18(21)16-9-15(25(19,22)23)7-5-12(16)2/h4-9H,10H2,1-3H3,(H2,19,22,23). The van der Waals surface area contributed by atoms with Gasteiger partial charge in [0.05, 0.1) is 10.5 Å². The third kappa shape index (κ3) is 4.52. The molecular formula is C18H19NO5S. The normalized spacial score (nSPS) is 11.2. The second-order valence-electron chi connectivity index (χ2n) is 5.82. The molecule has 0 saturated heterocycles. The van der Waals surface area contributed by atoms with Gasteiger partial charge >= 0.3 is 5.97 Å². The zero-order chi connectivity index (χ0) is 18.8. The van der Waals surface area contributed by atoms with Gasteiger partial charge in [0.2, 0.25) is 10.0 Å². The van der Waals surface area contributed by atoms with Crippen molar-refractivity contribution in [3.05, 3.63) is 64.2 Å². The van der Waals surface area contributed by atoms with Crippen LogP contribution in [0.15, 0.2) is 41.3 Å². The average molecular weight is 361 g/mol. The Morgan fingerprint density at radius 2 is 1.60 bits per heavy atom. The van der Waals surface area contributed by atoms with Crippen LogP contribution in [0, 0.1) is 20.8 Å². The molecule has 0 bridgehead atoms. The molecule has 0 radical (unpaired) electrons. The summed E-state index contributed by atoms with van der Waals surface area (Å²) in [4.78, 5) is 24.2. The number of hydrogen-bond acceptors (Lipinski definition) is 5. The maximum atomic E-state index is 12.2. The molecule has 0 aliphatic rings. The van der Waals surface area contributed by atoms with Crippen molar-refractivity contribution in [2.75, 3.05) is 6.61 Å². The highest BCUT2D eigenvalue weighted by molar-refractivity contribution is 7.89. The number of carbonyl (C=O) groups excluding carboxylic acids is 2. The molecule has 132 valence electrons. The fraction of sp³-hybridized carbons (Fsp3) is 0.222. The van der Waals surface area contributed by atoms with Gasteiger partial charge in [-0.3, -0.25) is 4.79 Å². The van der Waals surface area contributed by atoms with Crippen molar-refractivity contribution in [2.24, 2.45) is 5.14 Å². The van der Waals surface area contributed by atoms with Gasteiger partial charge in [0.25, 0.3) is 0 Å². The first-order valence-electron chi connectivity index (χ1n) is 7.50. The van der Waals surface area contributed by atoms with E-state index in [1.807, 2.05) is 19.9 Å². The number of hydrogen-bond donors (Lipinski definition) is 1. The lowest BCUT2D eigenvalue weighted by Gasteiger charge is -2.09. The number of carbonyl (C=O) groups is 2. The first-order valence-corrected chi connectivity index (χ1v) is 9.05. The van der Waals surface area contributed by atoms with Crippen LogP contribution in [-0.4, -0.2) is 26.8 Å². The van der Waals surface area contributed by atoms with Gasteiger partial charge in [0.1, 0.15) is 0 Å². The summed E-state index contributed by atoms with van der Waals surface area (Å²) >= 11 is 0. The predicted octanol–water partition coefficient (Wildman–Crippen LogP) is 2.30. The summed E-state index contributed by atoms with van der Waals surface area (Å²) in [5.41, 5.74) is 3.05. The Balaban J connectivity index is 2.14. The molecule has 0 fully saturated rings. The van der Waals surface area contributed by atoms with Crippen molar-refractivity contribution < 1.29 is 22.7 Å². The largest absolute Gasteiger partial charge is 0.454 e. The van der Waals surface area contributed by atoms with Gasteiger partial charge in [-0.25, -0.2) is 18.4 Å². The Morgan fingerprint density at radius 1 is 0.960 bits per heavy atom. The summed E-state index contributed by atoms with van der Waals surface area (Å²) in [6, 6.07) is 9.14. The first kappa shape index (κ1) is 18.8. The SMILES string of the molecule is Cc1ccc(C(=O)COC(=O)c2cc(S(N)(=O)=O)ccc2C)cc1C. The van der Waals surface area contributed by atoms with Gasteiger partial charge in [-0.05, 0) is 55.7 Å². The van der Waals surface area contributed by atoms with Gasteiger partial charge in [0.15, 0.2) is 12.4 Å². The van der Waals surface area contributed by atoms with Gasteiger partial charge in [0, 0.05) is 5.56 Å². The Bertz CT molecular complexity index is 948. The lowest BCUT2D eigenvalue weighted by molar-refractivity contribution is 0.0473. The number of ketones is 1. The molecular weight excluding hydrogens is 342 g/mol. The number of aryl methyl sites for hydroxylation is 3. The molecule has 0 unspecified atom stereocenters. The molecule has 0 saturated carbocycles. The number of rotatable bonds is 5. The van der Waals surface area contributed by atoms with Crippen LogP contribution >= 0.6 is 0 Å². The summed E-state index contributed by atoms with van der Waals surface area (Å²) < 4.78 is 27.8. The fourth-order valence-corrected chi connectivity index (χ4v) is 2.74. The Hall–Kier alpha value is -2.51. The van der Waals surface area contributed by atoms with Gasteiger partial charge < -0.3 is 4.74 Å². The van der Waals surface area contributed by atoms with Crippen LogP contribution in [0.2, 0.25) is 0 Å². The van der Waals surface area contributed by atoms with Crippen molar-refractivity contribution in [3.8, 4) is 0 Å². The highest BCUT2D eigenvalue weighted by Gasteiger charge is 2.17. The average Bonchev–Trinajstić information content (AvgIpc) is 2.54. The lowest BCUT2D eigenvalue weighted by atomic mass is 10.0. The molecule has 0 aliphatic carbocycles. The first-order chi connectivity index (χ1) is 11.6.